The van der Waals surface area contributed by atoms with Gasteiger partial charge in [0.2, 0.25) is 0 Å². The molecule has 5 rings (SSSR count). The summed E-state index contributed by atoms with van der Waals surface area (Å²) < 4.78 is 7.98. The number of hydrogen-bond donors (Lipinski definition) is 2. The predicted molar refractivity (Wildman–Crippen MR) is 115 cm³/mol. The van der Waals surface area contributed by atoms with Crippen LogP contribution >= 0.6 is 0 Å². The summed E-state index contributed by atoms with van der Waals surface area (Å²) in [5.41, 5.74) is 4.64. The number of anilines is 1. The first-order chi connectivity index (χ1) is 14.5. The van der Waals surface area contributed by atoms with Crippen LogP contribution in [-0.2, 0) is 4.74 Å². The number of hydrogen-bond acceptors (Lipinski definition) is 6. The quantitative estimate of drug-likeness (QED) is 0.696. The second kappa shape index (κ2) is 7.50. The van der Waals surface area contributed by atoms with Crippen molar-refractivity contribution in [1.82, 2.24) is 14.5 Å². The lowest BCUT2D eigenvalue weighted by atomic mass is 9.98. The molecule has 0 radical (unpaired) electrons. The smallest absolute Gasteiger partial charge is 0.161 e. The molecule has 0 bridgehead atoms. The highest BCUT2D eigenvalue weighted by Crippen LogP contribution is 2.38. The van der Waals surface area contributed by atoms with Crippen molar-refractivity contribution in [3.8, 4) is 0 Å². The third-order valence-electron chi connectivity index (χ3n) is 6.19. The first kappa shape index (κ1) is 19.2. The minimum atomic E-state index is -0.825. The summed E-state index contributed by atoms with van der Waals surface area (Å²) in [6, 6.07) is 7.94. The molecule has 1 aromatic carbocycles. The number of nitrogens with zero attached hydrogens (tertiary/aromatic N) is 4. The van der Waals surface area contributed by atoms with Crippen LogP contribution in [0.1, 0.15) is 42.0 Å². The molecule has 7 nitrogen and oxygen atoms in total. The molecule has 30 heavy (non-hydrogen) atoms. The molecule has 7 heteroatoms. The van der Waals surface area contributed by atoms with E-state index in [9.17, 15) is 10.2 Å². The zero-order valence-corrected chi connectivity index (χ0v) is 17.1. The topological polar surface area (TPSA) is 83.6 Å². The molecule has 0 aliphatic carbocycles. The maximum absolute atomic E-state index is 11.1. The number of rotatable bonds is 3. The van der Waals surface area contributed by atoms with Gasteiger partial charge in [0.15, 0.2) is 6.23 Å². The van der Waals surface area contributed by atoms with Gasteiger partial charge in [-0.15, -0.1) is 0 Å². The normalized spacial score (nSPS) is 24.8. The second-order valence-corrected chi connectivity index (χ2v) is 8.16. The molecule has 0 saturated carbocycles. The Hall–Kier alpha value is -2.74. The van der Waals surface area contributed by atoms with Gasteiger partial charge in [0.05, 0.1) is 11.8 Å². The van der Waals surface area contributed by atoms with E-state index in [1.54, 1.807) is 0 Å². The molecule has 0 unspecified atom stereocenters. The van der Waals surface area contributed by atoms with Crippen molar-refractivity contribution in [3.63, 3.8) is 0 Å². The summed E-state index contributed by atoms with van der Waals surface area (Å²) in [6.07, 6.45) is 6.36. The molecule has 4 atom stereocenters. The maximum atomic E-state index is 11.1. The van der Waals surface area contributed by atoms with Gasteiger partial charge in [0, 0.05) is 37.3 Å². The highest BCUT2D eigenvalue weighted by atomic mass is 16.5. The summed E-state index contributed by atoms with van der Waals surface area (Å²) in [5, 5.41) is 22.7. The fourth-order valence-electron chi connectivity index (χ4n) is 4.47. The van der Waals surface area contributed by atoms with Crippen LogP contribution in [-0.4, -0.2) is 50.5 Å². The average molecular weight is 406 g/mol. The molecule has 3 aromatic rings. The average Bonchev–Trinajstić information content (AvgIpc) is 3.29. The fourth-order valence-corrected chi connectivity index (χ4v) is 4.47. The molecule has 0 spiro atoms. The van der Waals surface area contributed by atoms with Crippen LogP contribution in [0.5, 0.6) is 0 Å². The number of aliphatic hydroxyl groups excluding tert-OH is 2. The first-order valence-electron chi connectivity index (χ1n) is 10.3. The number of benzene rings is 1. The molecule has 1 fully saturated rings. The summed E-state index contributed by atoms with van der Waals surface area (Å²) in [7, 11) is 2.06. The van der Waals surface area contributed by atoms with Gasteiger partial charge in [0.1, 0.15) is 24.2 Å². The molecule has 1 saturated heterocycles. The van der Waals surface area contributed by atoms with Crippen LogP contribution in [0.15, 0.2) is 42.9 Å². The molecular formula is C23H26N4O3. The molecule has 2 aliphatic heterocycles. The van der Waals surface area contributed by atoms with E-state index in [0.717, 1.165) is 46.5 Å². The van der Waals surface area contributed by atoms with Gasteiger partial charge in [0.25, 0.3) is 0 Å². The van der Waals surface area contributed by atoms with Crippen molar-refractivity contribution in [2.45, 2.75) is 44.3 Å². The predicted octanol–water partition coefficient (Wildman–Crippen LogP) is 2.97. The van der Waals surface area contributed by atoms with Crippen molar-refractivity contribution in [3.05, 3.63) is 59.7 Å². The number of ether oxygens (including phenoxy) is 1. The largest absolute Gasteiger partial charge is 0.388 e. The van der Waals surface area contributed by atoms with Crippen molar-refractivity contribution in [2.75, 3.05) is 18.5 Å². The Morgan fingerprint density at radius 2 is 2.10 bits per heavy atom. The number of aromatic nitrogens is 3. The lowest BCUT2D eigenvalue weighted by molar-refractivity contribution is -0.0750. The zero-order chi connectivity index (χ0) is 20.8. The van der Waals surface area contributed by atoms with Crippen LogP contribution in [0, 0.1) is 6.92 Å². The van der Waals surface area contributed by atoms with Gasteiger partial charge in [-0.2, -0.15) is 0 Å². The van der Waals surface area contributed by atoms with E-state index in [2.05, 4.69) is 34.1 Å². The van der Waals surface area contributed by atoms with Gasteiger partial charge < -0.3 is 24.4 Å². The Morgan fingerprint density at radius 1 is 1.23 bits per heavy atom. The van der Waals surface area contributed by atoms with Crippen LogP contribution in [0.4, 0.5) is 5.69 Å². The van der Waals surface area contributed by atoms with Crippen molar-refractivity contribution < 1.29 is 14.9 Å². The Kier molecular flexibility index (Phi) is 4.81. The van der Waals surface area contributed by atoms with Gasteiger partial charge in [-0.25, -0.2) is 9.97 Å². The van der Waals surface area contributed by atoms with Crippen LogP contribution in [0.25, 0.3) is 17.1 Å². The van der Waals surface area contributed by atoms with Gasteiger partial charge in [-0.1, -0.05) is 24.3 Å². The van der Waals surface area contributed by atoms with Crippen molar-refractivity contribution in [1.29, 1.82) is 0 Å². The second-order valence-electron chi connectivity index (χ2n) is 8.16. The maximum Gasteiger partial charge on any atom is 0.161 e. The molecule has 2 aromatic heterocycles. The highest BCUT2D eigenvalue weighted by molar-refractivity contribution is 5.78. The van der Waals surface area contributed by atoms with Crippen LogP contribution in [0.2, 0.25) is 0 Å². The molecule has 2 N–H and O–H groups in total. The van der Waals surface area contributed by atoms with Crippen LogP contribution in [0.3, 0.4) is 0 Å². The van der Waals surface area contributed by atoms with E-state index in [1.807, 2.05) is 42.0 Å². The standard InChI is InChI=1S/C23H26N4O3/c1-14-17-8-10-27(22(17)25-13-24-14)23-19(28)12-20(30-23)21(29)16-7-6-15-5-3-4-9-26(2)18(15)11-16/h3,5-8,10-11,13,19-21,23,28-29H,4,9,12H2,1-2H3/t19-,20+,21-,23-/m1/s1. The Labute approximate surface area is 175 Å². The van der Waals surface area contributed by atoms with Crippen molar-refractivity contribution >= 4 is 22.8 Å². The van der Waals surface area contributed by atoms with E-state index >= 15 is 0 Å². The summed E-state index contributed by atoms with van der Waals surface area (Å²) in [6.45, 7) is 2.86. The fraction of sp³-hybridized carbons (Fsp3) is 0.391. The van der Waals surface area contributed by atoms with Crippen molar-refractivity contribution in [2.24, 2.45) is 0 Å². The highest BCUT2D eigenvalue weighted by Gasteiger charge is 2.40. The first-order valence-corrected chi connectivity index (χ1v) is 10.3. The van der Waals surface area contributed by atoms with Gasteiger partial charge in [-0.05, 0) is 36.6 Å². The lowest BCUT2D eigenvalue weighted by Crippen LogP contribution is -2.21. The summed E-state index contributed by atoms with van der Waals surface area (Å²) >= 11 is 0. The van der Waals surface area contributed by atoms with E-state index in [-0.39, 0.29) is 0 Å². The molecular weight excluding hydrogens is 380 g/mol. The van der Waals surface area contributed by atoms with Gasteiger partial charge in [-0.3, -0.25) is 0 Å². The SMILES string of the molecule is Cc1ncnc2c1ccn2[C@@H]1O[C@H]([C@H](O)c2ccc3c(c2)N(C)CCC=C3)C[C@H]1O. The molecule has 0 amide bonds. The number of fused-ring (bicyclic) bond motifs is 2. The molecule has 2 aliphatic rings. The minimum absolute atomic E-state index is 0.350. The summed E-state index contributed by atoms with van der Waals surface area (Å²) in [4.78, 5) is 10.8. The number of aliphatic hydroxyl groups is 2. The Balaban J connectivity index is 1.41. The molecule has 156 valence electrons. The Morgan fingerprint density at radius 3 is 2.97 bits per heavy atom. The van der Waals surface area contributed by atoms with Crippen LogP contribution < -0.4 is 4.90 Å². The lowest BCUT2D eigenvalue weighted by Gasteiger charge is -2.24. The molecule has 4 heterocycles. The van der Waals surface area contributed by atoms with E-state index in [4.69, 9.17) is 4.74 Å². The minimum Gasteiger partial charge on any atom is -0.388 e. The summed E-state index contributed by atoms with van der Waals surface area (Å²) in [5.74, 6) is 0. The number of aryl methyl sites for hydroxylation is 1. The zero-order valence-electron chi connectivity index (χ0n) is 17.1. The monoisotopic (exact) mass is 406 g/mol. The third kappa shape index (κ3) is 3.19. The van der Waals surface area contributed by atoms with E-state index in [0.29, 0.717) is 6.42 Å². The van der Waals surface area contributed by atoms with E-state index in [1.165, 1.54) is 6.33 Å². The van der Waals surface area contributed by atoms with E-state index < -0.39 is 24.5 Å². The van der Waals surface area contributed by atoms with Gasteiger partial charge >= 0.3 is 0 Å². The Bertz CT molecular complexity index is 1110. The third-order valence-corrected chi connectivity index (χ3v) is 6.19.